The van der Waals surface area contributed by atoms with Crippen molar-refractivity contribution >= 4 is 17.3 Å². The standard InChI is InChI=1S/C18H28FN3O2/c1-12(2)17(22(3)4)18(23)21-13-7-8-16(15(19)10-13)20-11-14-6-5-9-24-14/h7-8,10,12,14,17,20H,5-6,9,11H2,1-4H3,(H,21,23)/t14-,17+/m1/s1. The third-order valence-corrected chi connectivity index (χ3v) is 4.24. The molecule has 1 aromatic carbocycles. The lowest BCUT2D eigenvalue weighted by Gasteiger charge is -2.26. The molecule has 134 valence electrons. The van der Waals surface area contributed by atoms with Crippen molar-refractivity contribution in [1.82, 2.24) is 4.90 Å². The smallest absolute Gasteiger partial charge is 0.241 e. The molecule has 2 atom stereocenters. The highest BCUT2D eigenvalue weighted by Crippen LogP contribution is 2.21. The quantitative estimate of drug-likeness (QED) is 0.803. The van der Waals surface area contributed by atoms with Gasteiger partial charge in [-0.15, -0.1) is 0 Å². The number of nitrogens with one attached hydrogen (secondary N) is 2. The van der Waals surface area contributed by atoms with Crippen molar-refractivity contribution in [2.75, 3.05) is 37.9 Å². The molecule has 1 heterocycles. The zero-order valence-electron chi connectivity index (χ0n) is 14.9. The monoisotopic (exact) mass is 337 g/mol. The Balaban J connectivity index is 1.96. The van der Waals surface area contributed by atoms with Crippen LogP contribution in [0.4, 0.5) is 15.8 Å². The summed E-state index contributed by atoms with van der Waals surface area (Å²) in [5.41, 5.74) is 0.893. The van der Waals surface area contributed by atoms with Crippen LogP contribution < -0.4 is 10.6 Å². The van der Waals surface area contributed by atoms with Crippen molar-refractivity contribution in [2.45, 2.75) is 38.8 Å². The molecule has 1 aliphatic rings. The van der Waals surface area contributed by atoms with Crippen LogP contribution in [0.25, 0.3) is 0 Å². The molecule has 1 aromatic rings. The second kappa shape index (κ2) is 8.44. The number of hydrogen-bond donors (Lipinski definition) is 2. The van der Waals surface area contributed by atoms with Crippen LogP contribution in [0.15, 0.2) is 18.2 Å². The third kappa shape index (κ3) is 4.92. The number of halogens is 1. The first-order valence-corrected chi connectivity index (χ1v) is 8.50. The summed E-state index contributed by atoms with van der Waals surface area (Å²) in [6, 6.07) is 4.46. The molecule has 0 saturated carbocycles. The summed E-state index contributed by atoms with van der Waals surface area (Å²) in [4.78, 5) is 14.3. The number of amides is 1. The molecule has 6 heteroatoms. The first-order chi connectivity index (χ1) is 11.4. The Morgan fingerprint density at radius 1 is 1.42 bits per heavy atom. The maximum Gasteiger partial charge on any atom is 0.241 e. The fourth-order valence-electron chi connectivity index (χ4n) is 3.12. The van der Waals surface area contributed by atoms with Crippen molar-refractivity contribution in [3.05, 3.63) is 24.0 Å². The molecular weight excluding hydrogens is 309 g/mol. The van der Waals surface area contributed by atoms with E-state index >= 15 is 0 Å². The number of rotatable bonds is 7. The molecule has 0 spiro atoms. The van der Waals surface area contributed by atoms with Gasteiger partial charge in [-0.05, 0) is 51.1 Å². The maximum atomic E-state index is 14.2. The number of nitrogens with zero attached hydrogens (tertiary/aromatic N) is 1. The van der Waals surface area contributed by atoms with Gasteiger partial charge in [0.25, 0.3) is 0 Å². The van der Waals surface area contributed by atoms with Crippen molar-refractivity contribution in [2.24, 2.45) is 5.92 Å². The summed E-state index contributed by atoms with van der Waals surface area (Å²) >= 11 is 0. The van der Waals surface area contributed by atoms with E-state index in [4.69, 9.17) is 4.74 Å². The van der Waals surface area contributed by atoms with Crippen LogP contribution in [-0.2, 0) is 9.53 Å². The van der Waals surface area contributed by atoms with Crippen LogP contribution in [-0.4, -0.2) is 50.2 Å². The summed E-state index contributed by atoms with van der Waals surface area (Å²) in [5.74, 6) is -0.344. The van der Waals surface area contributed by atoms with E-state index in [9.17, 15) is 9.18 Å². The summed E-state index contributed by atoms with van der Waals surface area (Å²) in [5, 5.41) is 5.87. The minimum Gasteiger partial charge on any atom is -0.380 e. The Bertz CT molecular complexity index is 549. The second-order valence-corrected chi connectivity index (χ2v) is 6.85. The van der Waals surface area contributed by atoms with Crippen LogP contribution in [0, 0.1) is 11.7 Å². The van der Waals surface area contributed by atoms with E-state index in [1.807, 2.05) is 32.8 Å². The molecule has 0 aliphatic carbocycles. The first-order valence-electron chi connectivity index (χ1n) is 8.50. The van der Waals surface area contributed by atoms with E-state index < -0.39 is 0 Å². The minimum absolute atomic E-state index is 0.130. The topological polar surface area (TPSA) is 53.6 Å². The molecular formula is C18H28FN3O2. The largest absolute Gasteiger partial charge is 0.380 e. The third-order valence-electron chi connectivity index (χ3n) is 4.24. The molecule has 24 heavy (non-hydrogen) atoms. The van der Waals surface area contributed by atoms with Gasteiger partial charge in [-0.25, -0.2) is 4.39 Å². The number of carbonyl (C=O) groups excluding carboxylic acids is 1. The van der Waals surface area contributed by atoms with Gasteiger partial charge in [-0.1, -0.05) is 13.8 Å². The van der Waals surface area contributed by atoms with E-state index in [1.54, 1.807) is 12.1 Å². The molecule has 2 N–H and O–H groups in total. The molecule has 0 aromatic heterocycles. The minimum atomic E-state index is -0.378. The Labute approximate surface area is 143 Å². The van der Waals surface area contributed by atoms with Crippen molar-refractivity contribution in [1.29, 1.82) is 0 Å². The lowest BCUT2D eigenvalue weighted by molar-refractivity contribution is -0.121. The van der Waals surface area contributed by atoms with E-state index in [-0.39, 0.29) is 29.8 Å². The van der Waals surface area contributed by atoms with Gasteiger partial charge in [0, 0.05) is 18.8 Å². The Hall–Kier alpha value is -1.66. The zero-order valence-corrected chi connectivity index (χ0v) is 14.9. The number of ether oxygens (including phenoxy) is 1. The summed E-state index contributed by atoms with van der Waals surface area (Å²) in [7, 11) is 3.73. The lowest BCUT2D eigenvalue weighted by Crippen LogP contribution is -2.43. The van der Waals surface area contributed by atoms with Crippen LogP contribution >= 0.6 is 0 Å². The van der Waals surface area contributed by atoms with Gasteiger partial charge >= 0.3 is 0 Å². The number of carbonyl (C=O) groups is 1. The summed E-state index contributed by atoms with van der Waals surface area (Å²) in [6.45, 7) is 5.35. The highest BCUT2D eigenvalue weighted by molar-refractivity contribution is 5.95. The normalized spacial score (nSPS) is 18.9. The highest BCUT2D eigenvalue weighted by Gasteiger charge is 2.24. The molecule has 1 amide bonds. The first kappa shape index (κ1) is 18.7. The average Bonchev–Trinajstić information content (AvgIpc) is 2.98. The predicted molar refractivity (Wildman–Crippen MR) is 94.8 cm³/mol. The SMILES string of the molecule is CC(C)[C@@H](C(=O)Nc1ccc(NC[C@H]2CCCO2)c(F)c1)N(C)C. The van der Waals surface area contributed by atoms with E-state index in [0.29, 0.717) is 17.9 Å². The van der Waals surface area contributed by atoms with Gasteiger partial charge in [0.1, 0.15) is 5.82 Å². The molecule has 5 nitrogen and oxygen atoms in total. The van der Waals surface area contributed by atoms with Gasteiger partial charge in [0.15, 0.2) is 0 Å². The van der Waals surface area contributed by atoms with E-state index in [1.165, 1.54) is 6.07 Å². The number of hydrogen-bond acceptors (Lipinski definition) is 4. The van der Waals surface area contributed by atoms with E-state index in [0.717, 1.165) is 19.4 Å². The average molecular weight is 337 g/mol. The Kier molecular flexibility index (Phi) is 6.57. The Morgan fingerprint density at radius 3 is 2.71 bits per heavy atom. The van der Waals surface area contributed by atoms with Gasteiger partial charge in [-0.3, -0.25) is 9.69 Å². The molecule has 1 saturated heterocycles. The summed E-state index contributed by atoms with van der Waals surface area (Å²) < 4.78 is 19.7. The van der Waals surface area contributed by atoms with Crippen LogP contribution in [0.2, 0.25) is 0 Å². The molecule has 2 rings (SSSR count). The van der Waals surface area contributed by atoms with Crippen molar-refractivity contribution < 1.29 is 13.9 Å². The maximum absolute atomic E-state index is 14.2. The summed E-state index contributed by atoms with van der Waals surface area (Å²) in [6.07, 6.45) is 2.21. The fraction of sp³-hybridized carbons (Fsp3) is 0.611. The zero-order chi connectivity index (χ0) is 17.7. The van der Waals surface area contributed by atoms with Crippen LogP contribution in [0.3, 0.4) is 0 Å². The molecule has 0 radical (unpaired) electrons. The molecule has 1 fully saturated rings. The van der Waals surface area contributed by atoms with E-state index in [2.05, 4.69) is 10.6 Å². The van der Waals surface area contributed by atoms with Gasteiger partial charge in [-0.2, -0.15) is 0 Å². The Morgan fingerprint density at radius 2 is 2.17 bits per heavy atom. The van der Waals surface area contributed by atoms with Crippen molar-refractivity contribution in [3.8, 4) is 0 Å². The lowest BCUT2D eigenvalue weighted by atomic mass is 10.0. The number of anilines is 2. The second-order valence-electron chi connectivity index (χ2n) is 6.85. The molecule has 1 aliphatic heterocycles. The van der Waals surface area contributed by atoms with Gasteiger partial charge < -0.3 is 15.4 Å². The fourth-order valence-corrected chi connectivity index (χ4v) is 3.12. The van der Waals surface area contributed by atoms with Gasteiger partial charge in [0.05, 0.1) is 17.8 Å². The van der Waals surface area contributed by atoms with Crippen molar-refractivity contribution in [3.63, 3.8) is 0 Å². The van der Waals surface area contributed by atoms with Gasteiger partial charge in [0.2, 0.25) is 5.91 Å². The molecule has 0 unspecified atom stereocenters. The number of likely N-dealkylation sites (N-methyl/N-ethyl adjacent to an activating group) is 1. The number of benzene rings is 1. The van der Waals surface area contributed by atoms with Crippen LogP contribution in [0.1, 0.15) is 26.7 Å². The van der Waals surface area contributed by atoms with Crippen LogP contribution in [0.5, 0.6) is 0 Å². The predicted octanol–water partition coefficient (Wildman–Crippen LogP) is 2.94. The highest BCUT2D eigenvalue weighted by atomic mass is 19.1. The molecule has 0 bridgehead atoms.